The lowest BCUT2D eigenvalue weighted by Gasteiger charge is -2.32. The molecular formula is C13H26N2O. The average molecular weight is 226 g/mol. The van der Waals surface area contributed by atoms with Gasteiger partial charge in [-0.3, -0.25) is 4.79 Å². The largest absolute Gasteiger partial charge is 0.343 e. The van der Waals surface area contributed by atoms with E-state index in [9.17, 15) is 4.79 Å². The predicted octanol–water partition coefficient (Wildman–Crippen LogP) is 2.15. The molecule has 94 valence electrons. The van der Waals surface area contributed by atoms with Gasteiger partial charge in [0.15, 0.2) is 0 Å². The van der Waals surface area contributed by atoms with E-state index >= 15 is 0 Å². The fraction of sp³-hybridized carbons (Fsp3) is 0.923. The van der Waals surface area contributed by atoms with Gasteiger partial charge in [0.25, 0.3) is 0 Å². The van der Waals surface area contributed by atoms with Gasteiger partial charge in [0.1, 0.15) is 0 Å². The fourth-order valence-corrected chi connectivity index (χ4v) is 2.22. The van der Waals surface area contributed by atoms with Crippen molar-refractivity contribution >= 4 is 5.91 Å². The zero-order chi connectivity index (χ0) is 12.0. The lowest BCUT2D eigenvalue weighted by Crippen LogP contribution is -2.40. The summed E-state index contributed by atoms with van der Waals surface area (Å²) in [6.07, 6.45) is 6.46. The summed E-state index contributed by atoms with van der Waals surface area (Å²) in [7, 11) is 0. The van der Waals surface area contributed by atoms with E-state index in [-0.39, 0.29) is 11.9 Å². The van der Waals surface area contributed by atoms with Gasteiger partial charge in [-0.25, -0.2) is 0 Å². The molecule has 1 amide bonds. The van der Waals surface area contributed by atoms with Gasteiger partial charge in [0, 0.05) is 25.6 Å². The third-order valence-electron chi connectivity index (χ3n) is 3.53. The topological polar surface area (TPSA) is 46.3 Å². The molecule has 0 heterocycles. The quantitative estimate of drug-likeness (QED) is 0.723. The SMILES string of the molecule is CCCC(N)CC(=O)N(CC)CC1CCC1. The highest BCUT2D eigenvalue weighted by Gasteiger charge is 2.23. The van der Waals surface area contributed by atoms with E-state index in [1.165, 1.54) is 19.3 Å². The second-order valence-corrected chi connectivity index (χ2v) is 4.98. The third kappa shape index (κ3) is 4.12. The normalized spacial score (nSPS) is 17.9. The van der Waals surface area contributed by atoms with Gasteiger partial charge in [-0.15, -0.1) is 0 Å². The molecule has 0 aromatic rings. The molecule has 0 aromatic heterocycles. The van der Waals surface area contributed by atoms with E-state index in [1.807, 2.05) is 4.90 Å². The van der Waals surface area contributed by atoms with Crippen LogP contribution >= 0.6 is 0 Å². The van der Waals surface area contributed by atoms with E-state index in [2.05, 4.69) is 13.8 Å². The van der Waals surface area contributed by atoms with E-state index < -0.39 is 0 Å². The maximum absolute atomic E-state index is 12.0. The Labute approximate surface area is 99.4 Å². The molecular weight excluding hydrogens is 200 g/mol. The van der Waals surface area contributed by atoms with Crippen molar-refractivity contribution in [2.75, 3.05) is 13.1 Å². The molecule has 0 aliphatic heterocycles. The van der Waals surface area contributed by atoms with Crippen molar-refractivity contribution in [3.05, 3.63) is 0 Å². The van der Waals surface area contributed by atoms with E-state index in [4.69, 9.17) is 5.73 Å². The molecule has 3 nitrogen and oxygen atoms in total. The molecule has 16 heavy (non-hydrogen) atoms. The number of hydrogen-bond acceptors (Lipinski definition) is 2. The zero-order valence-electron chi connectivity index (χ0n) is 10.7. The van der Waals surface area contributed by atoms with Crippen molar-refractivity contribution in [2.24, 2.45) is 11.7 Å². The van der Waals surface area contributed by atoms with Crippen molar-refractivity contribution in [3.63, 3.8) is 0 Å². The molecule has 0 radical (unpaired) electrons. The number of amides is 1. The van der Waals surface area contributed by atoms with Gasteiger partial charge in [0.05, 0.1) is 0 Å². The Hall–Kier alpha value is -0.570. The van der Waals surface area contributed by atoms with E-state index in [1.54, 1.807) is 0 Å². The molecule has 1 unspecified atom stereocenters. The van der Waals surface area contributed by atoms with Crippen LogP contribution in [0, 0.1) is 5.92 Å². The Balaban J connectivity index is 2.29. The minimum Gasteiger partial charge on any atom is -0.343 e. The fourth-order valence-electron chi connectivity index (χ4n) is 2.22. The molecule has 0 bridgehead atoms. The Bertz CT molecular complexity index is 214. The molecule has 1 saturated carbocycles. The molecule has 1 atom stereocenters. The summed E-state index contributed by atoms with van der Waals surface area (Å²) >= 11 is 0. The Morgan fingerprint density at radius 1 is 1.44 bits per heavy atom. The molecule has 1 aliphatic rings. The van der Waals surface area contributed by atoms with Gasteiger partial charge in [-0.1, -0.05) is 19.8 Å². The number of nitrogens with two attached hydrogens (primary N) is 1. The van der Waals surface area contributed by atoms with Crippen LogP contribution in [0.4, 0.5) is 0 Å². The molecule has 1 aliphatic carbocycles. The zero-order valence-corrected chi connectivity index (χ0v) is 10.7. The standard InChI is InChI=1S/C13H26N2O/c1-3-6-12(14)9-13(16)15(4-2)10-11-7-5-8-11/h11-12H,3-10,14H2,1-2H3. The number of rotatable bonds is 7. The maximum atomic E-state index is 12.0. The molecule has 0 saturated heterocycles. The second kappa shape index (κ2) is 6.89. The van der Waals surface area contributed by atoms with Crippen LogP contribution in [0.15, 0.2) is 0 Å². The van der Waals surface area contributed by atoms with E-state index in [0.29, 0.717) is 6.42 Å². The van der Waals surface area contributed by atoms with Crippen LogP contribution < -0.4 is 5.73 Å². The van der Waals surface area contributed by atoms with Crippen LogP contribution in [0.3, 0.4) is 0 Å². The molecule has 1 fully saturated rings. The lowest BCUT2D eigenvalue weighted by molar-refractivity contribution is -0.132. The number of nitrogens with zero attached hydrogens (tertiary/aromatic N) is 1. The minimum absolute atomic E-state index is 0.0490. The summed E-state index contributed by atoms with van der Waals surface area (Å²) in [6.45, 7) is 5.94. The van der Waals surface area contributed by atoms with Crippen LogP contribution in [0.2, 0.25) is 0 Å². The predicted molar refractivity (Wildman–Crippen MR) is 67.1 cm³/mol. The van der Waals surface area contributed by atoms with Crippen LogP contribution in [0.5, 0.6) is 0 Å². The summed E-state index contributed by atoms with van der Waals surface area (Å²) in [5.74, 6) is 1.00. The molecule has 2 N–H and O–H groups in total. The summed E-state index contributed by atoms with van der Waals surface area (Å²) in [6, 6.07) is 0.0490. The first-order valence-corrected chi connectivity index (χ1v) is 6.70. The summed E-state index contributed by atoms with van der Waals surface area (Å²) in [5, 5.41) is 0. The summed E-state index contributed by atoms with van der Waals surface area (Å²) < 4.78 is 0. The lowest BCUT2D eigenvalue weighted by atomic mass is 9.85. The minimum atomic E-state index is 0.0490. The number of carbonyl (C=O) groups excluding carboxylic acids is 1. The van der Waals surface area contributed by atoms with Crippen molar-refractivity contribution in [1.82, 2.24) is 4.90 Å². The Morgan fingerprint density at radius 3 is 2.56 bits per heavy atom. The first-order valence-electron chi connectivity index (χ1n) is 6.70. The maximum Gasteiger partial charge on any atom is 0.224 e. The van der Waals surface area contributed by atoms with Gasteiger partial charge in [-0.2, -0.15) is 0 Å². The van der Waals surface area contributed by atoms with Crippen LogP contribution in [-0.4, -0.2) is 29.9 Å². The molecule has 0 spiro atoms. The highest BCUT2D eigenvalue weighted by Crippen LogP contribution is 2.27. The van der Waals surface area contributed by atoms with E-state index in [0.717, 1.165) is 31.8 Å². The smallest absolute Gasteiger partial charge is 0.224 e. The third-order valence-corrected chi connectivity index (χ3v) is 3.53. The van der Waals surface area contributed by atoms with Gasteiger partial charge < -0.3 is 10.6 Å². The van der Waals surface area contributed by atoms with Gasteiger partial charge >= 0.3 is 0 Å². The summed E-state index contributed by atoms with van der Waals surface area (Å²) in [4.78, 5) is 14.0. The van der Waals surface area contributed by atoms with Crippen molar-refractivity contribution in [3.8, 4) is 0 Å². The van der Waals surface area contributed by atoms with Crippen molar-refractivity contribution in [2.45, 2.75) is 58.4 Å². The Kier molecular flexibility index (Phi) is 5.81. The summed E-state index contributed by atoms with van der Waals surface area (Å²) in [5.41, 5.74) is 5.91. The van der Waals surface area contributed by atoms with Gasteiger partial charge in [-0.05, 0) is 32.1 Å². The first kappa shape index (κ1) is 13.5. The van der Waals surface area contributed by atoms with Crippen LogP contribution in [0.25, 0.3) is 0 Å². The number of hydrogen-bond donors (Lipinski definition) is 1. The van der Waals surface area contributed by atoms with Crippen molar-refractivity contribution in [1.29, 1.82) is 0 Å². The Morgan fingerprint density at radius 2 is 2.12 bits per heavy atom. The average Bonchev–Trinajstić information content (AvgIpc) is 2.16. The van der Waals surface area contributed by atoms with Crippen LogP contribution in [-0.2, 0) is 4.79 Å². The highest BCUT2D eigenvalue weighted by atomic mass is 16.2. The first-order chi connectivity index (χ1) is 7.67. The number of carbonyl (C=O) groups is 1. The van der Waals surface area contributed by atoms with Gasteiger partial charge in [0.2, 0.25) is 5.91 Å². The second-order valence-electron chi connectivity index (χ2n) is 4.98. The molecule has 0 aromatic carbocycles. The van der Waals surface area contributed by atoms with Crippen molar-refractivity contribution < 1.29 is 4.79 Å². The molecule has 3 heteroatoms. The van der Waals surface area contributed by atoms with Crippen LogP contribution in [0.1, 0.15) is 52.4 Å². The molecule has 1 rings (SSSR count). The highest BCUT2D eigenvalue weighted by molar-refractivity contribution is 5.76. The monoisotopic (exact) mass is 226 g/mol.